The van der Waals surface area contributed by atoms with Crippen LogP contribution >= 0.6 is 0 Å². The molecule has 0 aliphatic carbocycles. The molecule has 0 saturated carbocycles. The van der Waals surface area contributed by atoms with E-state index in [2.05, 4.69) is 81.6 Å². The fraction of sp³-hybridized carbons (Fsp3) is 0.400. The van der Waals surface area contributed by atoms with Crippen LogP contribution in [0.15, 0.2) is 60.7 Å². The molecule has 1 nitrogen and oxygen atoms in total. The smallest absolute Gasteiger partial charge is 0.0793 e. The van der Waals surface area contributed by atoms with E-state index in [4.69, 9.17) is 0 Å². The highest BCUT2D eigenvalue weighted by Gasteiger charge is 2.21. The molecule has 22 heavy (non-hydrogen) atoms. The molecule has 0 N–H and O–H groups in total. The number of halogens is 1. The summed E-state index contributed by atoms with van der Waals surface area (Å²) in [5, 5.41) is 0. The molecule has 2 aromatic rings. The highest BCUT2D eigenvalue weighted by Crippen LogP contribution is 2.28. The first-order chi connectivity index (χ1) is 10.2. The number of rotatable bonds is 7. The summed E-state index contributed by atoms with van der Waals surface area (Å²) in [6, 6.07) is 21.9. The summed E-state index contributed by atoms with van der Waals surface area (Å²) in [6.07, 6.45) is 1.20. The number of benzene rings is 2. The van der Waals surface area contributed by atoms with Crippen molar-refractivity contribution in [3.63, 3.8) is 0 Å². The van der Waals surface area contributed by atoms with E-state index in [1.54, 1.807) is 0 Å². The van der Waals surface area contributed by atoms with Crippen LogP contribution in [0.4, 0.5) is 0 Å². The van der Waals surface area contributed by atoms with Crippen LogP contribution in [0.25, 0.3) is 0 Å². The first-order valence-corrected chi connectivity index (χ1v) is 8.12. The van der Waals surface area contributed by atoms with E-state index < -0.39 is 0 Å². The second-order valence-electron chi connectivity index (χ2n) is 6.14. The van der Waals surface area contributed by atoms with Crippen molar-refractivity contribution >= 4 is 0 Å². The van der Waals surface area contributed by atoms with E-state index in [-0.39, 0.29) is 24.0 Å². The summed E-state index contributed by atoms with van der Waals surface area (Å²) in [5.74, 6) is 0.503. The van der Waals surface area contributed by atoms with Crippen molar-refractivity contribution in [3.8, 4) is 0 Å². The third kappa shape index (κ3) is 5.10. The molecule has 0 radical (unpaired) electrons. The zero-order chi connectivity index (χ0) is 15.1. The van der Waals surface area contributed by atoms with E-state index in [1.165, 1.54) is 37.2 Å². The molecule has 2 heteroatoms. The van der Waals surface area contributed by atoms with Gasteiger partial charge in [0.2, 0.25) is 0 Å². The molecule has 0 aliphatic heterocycles. The van der Waals surface area contributed by atoms with E-state index in [0.29, 0.717) is 5.92 Å². The molecule has 0 aromatic heterocycles. The number of hydrogen-bond donors (Lipinski definition) is 0. The second-order valence-corrected chi connectivity index (χ2v) is 6.14. The molecule has 0 unspecified atom stereocenters. The highest BCUT2D eigenvalue weighted by molar-refractivity contribution is 5.32. The summed E-state index contributed by atoms with van der Waals surface area (Å²) in [6.45, 7) is 8.22. The van der Waals surface area contributed by atoms with E-state index in [9.17, 15) is 0 Å². The molecule has 0 heterocycles. The molecule has 0 amide bonds. The molecular weight excluding hydrogens is 381 g/mol. The molecular formula is C20H28IN. The summed E-state index contributed by atoms with van der Waals surface area (Å²) < 4.78 is 1.15. The van der Waals surface area contributed by atoms with Gasteiger partial charge in [0.05, 0.1) is 26.7 Å². The van der Waals surface area contributed by atoms with Gasteiger partial charge in [0.15, 0.2) is 0 Å². The van der Waals surface area contributed by atoms with Crippen molar-refractivity contribution in [3.05, 3.63) is 71.8 Å². The van der Waals surface area contributed by atoms with Crippen LogP contribution in [0.2, 0.25) is 0 Å². The topological polar surface area (TPSA) is 0 Å². The van der Waals surface area contributed by atoms with Gasteiger partial charge in [0, 0.05) is 12.3 Å². The van der Waals surface area contributed by atoms with Crippen molar-refractivity contribution in [1.82, 2.24) is 0 Å². The Bertz CT molecular complexity index is 480. The maximum atomic E-state index is 2.37. The molecule has 2 aromatic carbocycles. The highest BCUT2D eigenvalue weighted by atomic mass is 127. The van der Waals surface area contributed by atoms with Crippen LogP contribution in [-0.4, -0.2) is 31.2 Å². The Labute approximate surface area is 153 Å². The summed E-state index contributed by atoms with van der Waals surface area (Å²) >= 11 is 0. The summed E-state index contributed by atoms with van der Waals surface area (Å²) in [4.78, 5) is 0. The normalized spacial score (nSPS) is 11.3. The minimum Gasteiger partial charge on any atom is -1.00 e. The number of hydrogen-bond acceptors (Lipinski definition) is 0. The molecule has 120 valence electrons. The van der Waals surface area contributed by atoms with Gasteiger partial charge in [-0.05, 0) is 25.0 Å². The second kappa shape index (κ2) is 9.31. The maximum absolute atomic E-state index is 2.37. The lowest BCUT2D eigenvalue weighted by atomic mass is 9.88. The monoisotopic (exact) mass is 409 g/mol. The number of nitrogens with zero attached hydrogens (tertiary/aromatic N) is 1. The first kappa shape index (κ1) is 19.2. The van der Waals surface area contributed by atoms with Gasteiger partial charge in [-0.2, -0.15) is 0 Å². The predicted molar refractivity (Wildman–Crippen MR) is 91.5 cm³/mol. The Kier molecular flexibility index (Phi) is 8.12. The van der Waals surface area contributed by atoms with Gasteiger partial charge in [-0.15, -0.1) is 0 Å². The van der Waals surface area contributed by atoms with Gasteiger partial charge in [-0.25, -0.2) is 0 Å². The fourth-order valence-corrected chi connectivity index (χ4v) is 2.88. The molecule has 0 bridgehead atoms. The molecule has 0 saturated heterocycles. The van der Waals surface area contributed by atoms with E-state index >= 15 is 0 Å². The lowest BCUT2D eigenvalue weighted by molar-refractivity contribution is -0.906. The van der Waals surface area contributed by atoms with Crippen molar-refractivity contribution in [2.24, 2.45) is 0 Å². The standard InChI is InChI=1S/C20H28N.HI/c1-4-21(3,5-2)17-16-20(18-12-8-6-9-13-18)19-14-10-7-11-15-19;/h6-15,20H,4-5,16-17H2,1-3H3;1H/q+1;/p-1. The maximum Gasteiger partial charge on any atom is 0.0793 e. The van der Waals surface area contributed by atoms with Crippen LogP contribution < -0.4 is 24.0 Å². The predicted octanol–water partition coefficient (Wildman–Crippen LogP) is 1.70. The van der Waals surface area contributed by atoms with Crippen molar-refractivity contribution in [2.45, 2.75) is 26.2 Å². The average molecular weight is 409 g/mol. The quantitative estimate of drug-likeness (QED) is 0.483. The first-order valence-electron chi connectivity index (χ1n) is 8.12. The van der Waals surface area contributed by atoms with Gasteiger partial charge in [0.25, 0.3) is 0 Å². The molecule has 0 aliphatic rings. The lowest BCUT2D eigenvalue weighted by Crippen LogP contribution is -3.00. The van der Waals surface area contributed by atoms with Crippen LogP contribution in [0, 0.1) is 0 Å². The lowest BCUT2D eigenvalue weighted by Gasteiger charge is -2.33. The third-order valence-corrected chi connectivity index (χ3v) is 4.89. The van der Waals surface area contributed by atoms with Crippen LogP contribution in [0.5, 0.6) is 0 Å². The van der Waals surface area contributed by atoms with Crippen LogP contribution in [0.1, 0.15) is 37.3 Å². The Morgan fingerprint density at radius 3 is 1.55 bits per heavy atom. The minimum atomic E-state index is 0. The zero-order valence-electron chi connectivity index (χ0n) is 14.0. The summed E-state index contributed by atoms with van der Waals surface area (Å²) in [7, 11) is 2.37. The van der Waals surface area contributed by atoms with Gasteiger partial charge in [0.1, 0.15) is 0 Å². The van der Waals surface area contributed by atoms with Gasteiger partial charge < -0.3 is 28.5 Å². The molecule has 0 atom stereocenters. The van der Waals surface area contributed by atoms with Gasteiger partial charge in [-0.3, -0.25) is 0 Å². The average Bonchev–Trinajstić information content (AvgIpc) is 2.57. The third-order valence-electron chi connectivity index (χ3n) is 4.89. The van der Waals surface area contributed by atoms with Gasteiger partial charge >= 0.3 is 0 Å². The van der Waals surface area contributed by atoms with E-state index in [1.807, 2.05) is 0 Å². The van der Waals surface area contributed by atoms with Crippen LogP contribution in [-0.2, 0) is 0 Å². The van der Waals surface area contributed by atoms with Crippen molar-refractivity contribution < 1.29 is 28.5 Å². The number of quaternary nitrogens is 1. The Morgan fingerprint density at radius 1 is 0.773 bits per heavy atom. The van der Waals surface area contributed by atoms with Crippen LogP contribution in [0.3, 0.4) is 0 Å². The fourth-order valence-electron chi connectivity index (χ4n) is 2.88. The Morgan fingerprint density at radius 2 is 1.18 bits per heavy atom. The minimum absolute atomic E-state index is 0. The van der Waals surface area contributed by atoms with Crippen molar-refractivity contribution in [2.75, 3.05) is 26.7 Å². The summed E-state index contributed by atoms with van der Waals surface area (Å²) in [5.41, 5.74) is 2.87. The molecule has 2 rings (SSSR count). The molecule has 0 spiro atoms. The van der Waals surface area contributed by atoms with E-state index in [0.717, 1.165) is 4.48 Å². The van der Waals surface area contributed by atoms with Gasteiger partial charge in [-0.1, -0.05) is 60.7 Å². The molecule has 0 fully saturated rings. The van der Waals surface area contributed by atoms with Crippen molar-refractivity contribution in [1.29, 1.82) is 0 Å². The SMILES string of the molecule is CC[N+](C)(CC)CCC(c1ccccc1)c1ccccc1.[I-]. The Hall–Kier alpha value is -0.870. The largest absolute Gasteiger partial charge is 1.00 e. The Balaban J connectivity index is 0.00000242. The zero-order valence-corrected chi connectivity index (χ0v) is 16.2.